The Labute approximate surface area is 517 Å². The van der Waals surface area contributed by atoms with Crippen molar-refractivity contribution in [2.75, 3.05) is 83.1 Å². The smallest absolute Gasteiger partial charge is 0.179 e. The molecule has 0 radical (unpaired) electrons. The van der Waals surface area contributed by atoms with Gasteiger partial charge < -0.3 is 81.1 Å². The number of ether oxygens (including phenoxy) is 8. The highest BCUT2D eigenvalue weighted by Gasteiger charge is 2.43. The molecule has 0 spiro atoms. The second-order valence-corrected chi connectivity index (χ2v) is 21.1. The number of rotatable bonds is 21. The van der Waals surface area contributed by atoms with Gasteiger partial charge in [-0.1, -0.05) is 85.9 Å². The Kier molecular flexibility index (Phi) is 33.7. The predicted octanol–water partition coefficient (Wildman–Crippen LogP) is 10.5. The Bertz CT molecular complexity index is 2260. The molecular formula is C56H86Cl8N4O12. The van der Waals surface area contributed by atoms with Crippen LogP contribution in [0.15, 0.2) is 24.3 Å². The van der Waals surface area contributed by atoms with Gasteiger partial charge in [0.05, 0.1) is 77.0 Å². The van der Waals surface area contributed by atoms with E-state index in [1.165, 1.54) is 0 Å². The van der Waals surface area contributed by atoms with Crippen LogP contribution >= 0.6 is 96.0 Å². The molecule has 0 bridgehead atoms. The van der Waals surface area contributed by atoms with Crippen molar-refractivity contribution in [3.8, 4) is 46.0 Å². The standard InChI is InChI=1S/C56H74Cl4N4O8.4ClH.4H2O/c1-11-29(23-39(49-35-25-41(65-3)53(69-7)45(57)31(35)15-19-61-49)50-36-26-42(66-4)54(70-8)46(58)32(36)16-20-62-50)13-14-30(12-2)24-40(51-37-27-43(67-5)55(71-9)47(59)33(37)17-21-63-51)52-38-28-44(68-6)56(72-10)48(60)34(38)18-22-64-52;;;;;;;;/h25-30,39-40,49-52,61-64H,11-24H2,1-10H3;4*1H;4*1H2. The fourth-order valence-electron chi connectivity index (χ4n) is 12.7. The SMILES string of the molecule is CCC(CCC(CC)CC(C1NCCc2c1cc(OC)c(OC)c2Cl)C1NCCc2c1cc(OC)c(OC)c2Cl)CC(C1NCCc2c1cc(OC)c(OC)c2Cl)C1NCCc2c1cc(OC)c(OC)c2Cl.Cl.Cl.Cl.Cl.O.O.O.O. The number of methoxy groups -OCH3 is 8. The van der Waals surface area contributed by atoms with Gasteiger partial charge in [0.25, 0.3) is 0 Å². The maximum Gasteiger partial charge on any atom is 0.179 e. The van der Waals surface area contributed by atoms with E-state index in [4.69, 9.17) is 84.3 Å². The van der Waals surface area contributed by atoms with Gasteiger partial charge in [-0.25, -0.2) is 0 Å². The molecule has 0 fully saturated rings. The second-order valence-electron chi connectivity index (χ2n) is 19.6. The van der Waals surface area contributed by atoms with Crippen molar-refractivity contribution in [2.24, 2.45) is 23.7 Å². The van der Waals surface area contributed by atoms with Crippen molar-refractivity contribution in [3.63, 3.8) is 0 Å². The van der Waals surface area contributed by atoms with E-state index in [-0.39, 0.29) is 108 Å². The van der Waals surface area contributed by atoms with E-state index in [1.807, 2.05) is 0 Å². The van der Waals surface area contributed by atoms with Crippen LogP contribution in [0.2, 0.25) is 20.1 Å². The number of nitrogens with one attached hydrogen (secondary N) is 4. The lowest BCUT2D eigenvalue weighted by Gasteiger charge is -2.43. The van der Waals surface area contributed by atoms with E-state index in [0.29, 0.717) is 77.9 Å². The van der Waals surface area contributed by atoms with Crippen LogP contribution in [0.5, 0.6) is 46.0 Å². The van der Waals surface area contributed by atoms with E-state index >= 15 is 0 Å². The minimum absolute atomic E-state index is 0. The molecule has 0 aromatic heterocycles. The Hall–Kier alpha value is -2.72. The molecule has 4 aliphatic rings. The molecule has 0 aliphatic carbocycles. The van der Waals surface area contributed by atoms with Crippen molar-refractivity contribution < 1.29 is 59.8 Å². The third kappa shape index (κ3) is 15.0. The number of benzene rings is 4. The van der Waals surface area contributed by atoms with Crippen LogP contribution < -0.4 is 59.2 Å². The second kappa shape index (κ2) is 34.9. The molecule has 4 aromatic carbocycles. The first-order valence-corrected chi connectivity index (χ1v) is 27.1. The van der Waals surface area contributed by atoms with Gasteiger partial charge in [0.2, 0.25) is 0 Å². The molecule has 0 amide bonds. The van der Waals surface area contributed by atoms with Crippen LogP contribution in [-0.4, -0.2) is 105 Å². The molecule has 458 valence electrons. The van der Waals surface area contributed by atoms with Crippen molar-refractivity contribution in [1.29, 1.82) is 0 Å². The highest BCUT2D eigenvalue weighted by Crippen LogP contribution is 2.54. The Morgan fingerprint density at radius 3 is 0.775 bits per heavy atom. The lowest BCUT2D eigenvalue weighted by atomic mass is 9.71. The highest BCUT2D eigenvalue weighted by atomic mass is 35.5. The minimum atomic E-state index is -0.0541. The number of hydrogen-bond donors (Lipinski definition) is 4. The molecule has 12 N–H and O–H groups in total. The van der Waals surface area contributed by atoms with E-state index < -0.39 is 0 Å². The third-order valence-corrected chi connectivity index (χ3v) is 17.9. The van der Waals surface area contributed by atoms with Crippen LogP contribution in [0, 0.1) is 23.7 Å². The van der Waals surface area contributed by atoms with Gasteiger partial charge in [0.1, 0.15) is 0 Å². The largest absolute Gasteiger partial charge is 0.493 e. The van der Waals surface area contributed by atoms with Gasteiger partial charge in [0, 0.05) is 24.2 Å². The minimum Gasteiger partial charge on any atom is -0.493 e. The van der Waals surface area contributed by atoms with Crippen LogP contribution in [-0.2, 0) is 25.7 Å². The number of halogens is 8. The van der Waals surface area contributed by atoms with Crippen molar-refractivity contribution in [2.45, 2.75) is 102 Å². The van der Waals surface area contributed by atoms with Crippen LogP contribution in [0.1, 0.15) is 121 Å². The molecular weight excluding hydrogens is 1200 g/mol. The van der Waals surface area contributed by atoms with Gasteiger partial charge in [-0.3, -0.25) is 0 Å². The molecule has 16 nitrogen and oxygen atoms in total. The first kappa shape index (κ1) is 77.3. The summed E-state index contributed by atoms with van der Waals surface area (Å²) in [5, 5.41) is 18.4. The molecule has 4 heterocycles. The maximum atomic E-state index is 7.22. The molecule has 24 heteroatoms. The fraction of sp³-hybridized carbons (Fsp3) is 0.571. The Morgan fingerprint density at radius 1 is 0.388 bits per heavy atom. The summed E-state index contributed by atoms with van der Waals surface area (Å²) in [5.41, 5.74) is 8.95. The third-order valence-electron chi connectivity index (χ3n) is 16.3. The maximum absolute atomic E-state index is 7.22. The topological polar surface area (TPSA) is 248 Å². The summed E-state index contributed by atoms with van der Waals surface area (Å²) in [7, 11) is 13.3. The lowest BCUT2D eigenvalue weighted by Crippen LogP contribution is -2.44. The molecule has 80 heavy (non-hydrogen) atoms. The molecule has 0 saturated heterocycles. The quantitative estimate of drug-likeness (QED) is 0.0608. The van der Waals surface area contributed by atoms with Gasteiger partial charge in [-0.15, -0.1) is 49.6 Å². The number of hydrogen-bond acceptors (Lipinski definition) is 12. The highest BCUT2D eigenvalue weighted by molar-refractivity contribution is 6.34. The van der Waals surface area contributed by atoms with E-state index in [0.717, 1.165) is 135 Å². The zero-order valence-corrected chi connectivity index (χ0v) is 53.5. The van der Waals surface area contributed by atoms with Crippen molar-refractivity contribution >= 4 is 96.0 Å². The molecule has 4 aromatic rings. The average Bonchev–Trinajstić information content (AvgIpc) is 3.41. The van der Waals surface area contributed by atoms with Crippen LogP contribution in [0.4, 0.5) is 0 Å². The molecule has 6 unspecified atom stereocenters. The summed E-state index contributed by atoms with van der Waals surface area (Å²) in [6, 6.07) is 8.32. The summed E-state index contributed by atoms with van der Waals surface area (Å²) in [6.45, 7) is 7.78. The average molecular weight is 1290 g/mol. The molecule has 8 rings (SSSR count). The van der Waals surface area contributed by atoms with Crippen LogP contribution in [0.25, 0.3) is 0 Å². The normalized spacial score (nSPS) is 18.8. The summed E-state index contributed by atoms with van der Waals surface area (Å²) in [6.07, 6.45) is 9.13. The van der Waals surface area contributed by atoms with Gasteiger partial charge in [-0.2, -0.15) is 0 Å². The van der Waals surface area contributed by atoms with E-state index in [1.54, 1.807) is 56.9 Å². The monoisotopic (exact) mass is 1290 g/mol. The zero-order chi connectivity index (χ0) is 51.4. The van der Waals surface area contributed by atoms with Crippen LogP contribution in [0.3, 0.4) is 0 Å². The van der Waals surface area contributed by atoms with E-state index in [9.17, 15) is 0 Å². The van der Waals surface area contributed by atoms with Gasteiger partial charge >= 0.3 is 0 Å². The summed E-state index contributed by atoms with van der Waals surface area (Å²) < 4.78 is 47.0. The van der Waals surface area contributed by atoms with Gasteiger partial charge in [0.15, 0.2) is 46.0 Å². The number of fused-ring (bicyclic) bond motifs is 4. The molecule has 4 aliphatic heterocycles. The molecule has 6 atom stereocenters. The summed E-state index contributed by atoms with van der Waals surface area (Å²) in [4.78, 5) is 0. The van der Waals surface area contributed by atoms with Crippen molar-refractivity contribution in [3.05, 3.63) is 88.9 Å². The predicted molar refractivity (Wildman–Crippen MR) is 332 cm³/mol. The van der Waals surface area contributed by atoms with E-state index in [2.05, 4.69) is 59.4 Å². The summed E-state index contributed by atoms with van der Waals surface area (Å²) in [5.74, 6) is 5.71. The molecule has 0 saturated carbocycles. The summed E-state index contributed by atoms with van der Waals surface area (Å²) >= 11 is 28.9. The van der Waals surface area contributed by atoms with Crippen molar-refractivity contribution in [1.82, 2.24) is 21.3 Å². The first-order chi connectivity index (χ1) is 34.9. The Balaban J connectivity index is 0.00000780. The zero-order valence-electron chi connectivity index (χ0n) is 47.2. The first-order valence-electron chi connectivity index (χ1n) is 25.6. The fourth-order valence-corrected chi connectivity index (χ4v) is 14.2. The lowest BCUT2D eigenvalue weighted by molar-refractivity contribution is 0.181. The Morgan fingerprint density at radius 2 is 0.600 bits per heavy atom. The van der Waals surface area contributed by atoms with Gasteiger partial charge in [-0.05, 0) is 157 Å².